The van der Waals surface area contributed by atoms with Crippen molar-refractivity contribution in [1.29, 1.82) is 0 Å². The number of nitrogens with one attached hydrogen (secondary N) is 1. The van der Waals surface area contributed by atoms with E-state index in [4.69, 9.17) is 4.74 Å². The molecule has 0 spiro atoms. The summed E-state index contributed by atoms with van der Waals surface area (Å²) in [6.07, 6.45) is 5.45. The van der Waals surface area contributed by atoms with Crippen LogP contribution in [0.3, 0.4) is 0 Å². The maximum absolute atomic E-state index is 5.36. The topological polar surface area (TPSA) is 24.5 Å². The Morgan fingerprint density at radius 1 is 1.25 bits per heavy atom. The van der Waals surface area contributed by atoms with Crippen LogP contribution in [0.15, 0.2) is 0 Å². The minimum atomic E-state index is 0.582. The molecule has 0 aromatic heterocycles. The van der Waals surface area contributed by atoms with Crippen LogP contribution in [0.4, 0.5) is 0 Å². The molecule has 3 nitrogen and oxygen atoms in total. The van der Waals surface area contributed by atoms with E-state index >= 15 is 0 Å². The summed E-state index contributed by atoms with van der Waals surface area (Å²) in [6, 6.07) is 1.39. The van der Waals surface area contributed by atoms with Gasteiger partial charge in [-0.25, -0.2) is 0 Å². The molecule has 1 aliphatic heterocycles. The fourth-order valence-electron chi connectivity index (χ4n) is 2.47. The van der Waals surface area contributed by atoms with Gasteiger partial charge >= 0.3 is 0 Å². The molecule has 3 heteroatoms. The molecule has 0 aromatic rings. The highest BCUT2D eigenvalue weighted by Gasteiger charge is 2.26. The third-order valence-corrected chi connectivity index (χ3v) is 3.91. The Hall–Kier alpha value is -0.120. The zero-order valence-corrected chi connectivity index (χ0v) is 10.7. The molecule has 0 radical (unpaired) electrons. The van der Waals surface area contributed by atoms with Crippen LogP contribution in [0.1, 0.15) is 32.6 Å². The second kappa shape index (κ2) is 5.99. The Bertz CT molecular complexity index is 198. The van der Waals surface area contributed by atoms with E-state index in [0.717, 1.165) is 25.1 Å². The van der Waals surface area contributed by atoms with Gasteiger partial charge in [0.2, 0.25) is 0 Å². The molecule has 0 amide bonds. The van der Waals surface area contributed by atoms with Crippen LogP contribution in [0.2, 0.25) is 0 Å². The first-order chi connectivity index (χ1) is 7.79. The lowest BCUT2D eigenvalue weighted by molar-refractivity contribution is 0.0664. The summed E-state index contributed by atoms with van der Waals surface area (Å²) >= 11 is 0. The van der Waals surface area contributed by atoms with Gasteiger partial charge in [0.15, 0.2) is 0 Å². The molecule has 1 saturated carbocycles. The highest BCUT2D eigenvalue weighted by molar-refractivity contribution is 4.85. The third-order valence-electron chi connectivity index (χ3n) is 3.91. The number of rotatable bonds is 6. The lowest BCUT2D eigenvalue weighted by Gasteiger charge is -2.36. The maximum atomic E-state index is 5.36. The van der Waals surface area contributed by atoms with Gasteiger partial charge in [0.25, 0.3) is 0 Å². The molecule has 1 heterocycles. The first-order valence-electron chi connectivity index (χ1n) is 6.76. The van der Waals surface area contributed by atoms with Crippen molar-refractivity contribution in [2.75, 3.05) is 33.4 Å². The van der Waals surface area contributed by atoms with Crippen LogP contribution in [0, 0.1) is 5.92 Å². The first-order valence-corrected chi connectivity index (χ1v) is 6.76. The number of hydrogen-bond donors (Lipinski definition) is 1. The van der Waals surface area contributed by atoms with Crippen LogP contribution < -0.4 is 5.32 Å². The Labute approximate surface area is 99.5 Å². The van der Waals surface area contributed by atoms with Crippen molar-refractivity contribution >= 4 is 0 Å². The number of likely N-dealkylation sites (tertiary alicyclic amines) is 1. The summed E-state index contributed by atoms with van der Waals surface area (Å²) in [5.74, 6) is 0.913. The lowest BCUT2D eigenvalue weighted by Crippen LogP contribution is -2.48. The highest BCUT2D eigenvalue weighted by Crippen LogP contribution is 2.20. The molecule has 2 rings (SSSR count). The summed E-state index contributed by atoms with van der Waals surface area (Å²) in [6.45, 7) is 6.84. The Morgan fingerprint density at radius 3 is 2.50 bits per heavy atom. The molecule has 16 heavy (non-hydrogen) atoms. The van der Waals surface area contributed by atoms with Gasteiger partial charge in [0, 0.05) is 25.7 Å². The number of hydrogen-bond acceptors (Lipinski definition) is 3. The summed E-state index contributed by atoms with van der Waals surface area (Å²) in [5.41, 5.74) is 0. The van der Waals surface area contributed by atoms with Gasteiger partial charge in [-0.2, -0.15) is 0 Å². The van der Waals surface area contributed by atoms with Gasteiger partial charge in [-0.1, -0.05) is 6.92 Å². The normalized spacial score (nSPS) is 25.9. The molecule has 1 saturated heterocycles. The van der Waals surface area contributed by atoms with Crippen molar-refractivity contribution in [3.8, 4) is 0 Å². The monoisotopic (exact) mass is 226 g/mol. The molecule has 1 atom stereocenters. The SMILES string of the molecule is COCC(CNC1CC1)N1CCC(C)CC1. The van der Waals surface area contributed by atoms with E-state index in [2.05, 4.69) is 17.1 Å². The quantitative estimate of drug-likeness (QED) is 0.742. The van der Waals surface area contributed by atoms with Crippen molar-refractivity contribution in [3.05, 3.63) is 0 Å². The van der Waals surface area contributed by atoms with Gasteiger partial charge in [-0.15, -0.1) is 0 Å². The molecule has 0 aromatic carbocycles. The highest BCUT2D eigenvalue weighted by atomic mass is 16.5. The molecular formula is C13H26N2O. The maximum Gasteiger partial charge on any atom is 0.0630 e. The smallest absolute Gasteiger partial charge is 0.0630 e. The third kappa shape index (κ3) is 3.72. The van der Waals surface area contributed by atoms with Gasteiger partial charge in [-0.3, -0.25) is 4.90 Å². The minimum Gasteiger partial charge on any atom is -0.383 e. The first kappa shape index (κ1) is 12.3. The van der Waals surface area contributed by atoms with Crippen LogP contribution >= 0.6 is 0 Å². The zero-order chi connectivity index (χ0) is 11.4. The number of piperidine rings is 1. The van der Waals surface area contributed by atoms with E-state index < -0.39 is 0 Å². The Kier molecular flexibility index (Phi) is 4.62. The van der Waals surface area contributed by atoms with Gasteiger partial charge < -0.3 is 10.1 Å². The minimum absolute atomic E-state index is 0.582. The van der Waals surface area contributed by atoms with E-state index in [9.17, 15) is 0 Å². The molecule has 0 bridgehead atoms. The predicted octanol–water partition coefficient (Wildman–Crippen LogP) is 1.49. The summed E-state index contributed by atoms with van der Waals surface area (Å²) in [4.78, 5) is 2.61. The average Bonchev–Trinajstić information content (AvgIpc) is 3.09. The second-order valence-corrected chi connectivity index (χ2v) is 5.51. The number of nitrogens with zero attached hydrogens (tertiary/aromatic N) is 1. The van der Waals surface area contributed by atoms with Gasteiger partial charge in [-0.05, 0) is 44.7 Å². The molecule has 2 aliphatic rings. The largest absolute Gasteiger partial charge is 0.383 e. The van der Waals surface area contributed by atoms with Crippen LogP contribution in [-0.4, -0.2) is 50.3 Å². The number of methoxy groups -OCH3 is 1. The van der Waals surface area contributed by atoms with Gasteiger partial charge in [0.05, 0.1) is 6.61 Å². The Morgan fingerprint density at radius 2 is 1.94 bits per heavy atom. The predicted molar refractivity (Wildman–Crippen MR) is 66.7 cm³/mol. The molecular weight excluding hydrogens is 200 g/mol. The fraction of sp³-hybridized carbons (Fsp3) is 1.00. The van der Waals surface area contributed by atoms with Crippen LogP contribution in [0.25, 0.3) is 0 Å². The fourth-order valence-corrected chi connectivity index (χ4v) is 2.47. The van der Waals surface area contributed by atoms with E-state index in [1.807, 2.05) is 7.11 Å². The summed E-state index contributed by atoms with van der Waals surface area (Å²) in [7, 11) is 1.82. The van der Waals surface area contributed by atoms with Crippen LogP contribution in [-0.2, 0) is 4.74 Å². The second-order valence-electron chi connectivity index (χ2n) is 5.51. The molecule has 1 aliphatic carbocycles. The molecule has 2 fully saturated rings. The Balaban J connectivity index is 1.75. The van der Waals surface area contributed by atoms with Crippen LogP contribution in [0.5, 0.6) is 0 Å². The van der Waals surface area contributed by atoms with Crippen molar-refractivity contribution in [1.82, 2.24) is 10.2 Å². The van der Waals surface area contributed by atoms with Crippen molar-refractivity contribution in [2.45, 2.75) is 44.7 Å². The summed E-state index contributed by atoms with van der Waals surface area (Å²) < 4.78 is 5.36. The van der Waals surface area contributed by atoms with E-state index in [0.29, 0.717) is 6.04 Å². The standard InChI is InChI=1S/C13H26N2O/c1-11-5-7-15(8-6-11)13(10-16-2)9-14-12-3-4-12/h11-14H,3-10H2,1-2H3. The molecule has 1 unspecified atom stereocenters. The summed E-state index contributed by atoms with van der Waals surface area (Å²) in [5, 5.41) is 3.63. The number of ether oxygens (including phenoxy) is 1. The van der Waals surface area contributed by atoms with Crippen molar-refractivity contribution < 1.29 is 4.74 Å². The van der Waals surface area contributed by atoms with E-state index in [1.54, 1.807) is 0 Å². The van der Waals surface area contributed by atoms with E-state index in [1.165, 1.54) is 38.8 Å². The van der Waals surface area contributed by atoms with Gasteiger partial charge in [0.1, 0.15) is 0 Å². The van der Waals surface area contributed by atoms with Crippen molar-refractivity contribution in [3.63, 3.8) is 0 Å². The average molecular weight is 226 g/mol. The van der Waals surface area contributed by atoms with E-state index in [-0.39, 0.29) is 0 Å². The molecule has 1 N–H and O–H groups in total. The van der Waals surface area contributed by atoms with Crippen molar-refractivity contribution in [2.24, 2.45) is 5.92 Å². The molecule has 94 valence electrons. The lowest BCUT2D eigenvalue weighted by atomic mass is 9.98. The zero-order valence-electron chi connectivity index (χ0n) is 10.7.